The van der Waals surface area contributed by atoms with Gasteiger partial charge in [0.25, 0.3) is 5.91 Å². The molecule has 1 aromatic carbocycles. The molecular weight excluding hydrogens is 580 g/mol. The molecule has 0 spiro atoms. The minimum atomic E-state index is -2.01. The normalized spacial score (nSPS) is 16.1. The topological polar surface area (TPSA) is 119 Å². The Balaban J connectivity index is 1.34. The summed E-state index contributed by atoms with van der Waals surface area (Å²) in [5.74, 6) is -0.669. The van der Waals surface area contributed by atoms with E-state index in [2.05, 4.69) is 30.4 Å². The number of benzene rings is 1. The van der Waals surface area contributed by atoms with Crippen LogP contribution in [0.25, 0.3) is 11.3 Å². The SMILES string of the molecule is Cc1ccc(C(F)(P)P)c(-c2cncc(C(=O)Nc3cnn(C(C)c4cnc(N5CC[C@@H](C)C5=O)c(C)n4)c3)n2)c1F. The Morgan fingerprint density at radius 2 is 1.93 bits per heavy atom. The Bertz CT molecular complexity index is 1690. The van der Waals surface area contributed by atoms with E-state index >= 15 is 4.39 Å². The van der Waals surface area contributed by atoms with Crippen LogP contribution in [0.5, 0.6) is 0 Å². The number of aryl methyl sites for hydroxylation is 2. The predicted octanol–water partition coefficient (Wildman–Crippen LogP) is 4.95. The number of nitrogens with zero attached hydrogens (tertiary/aromatic N) is 7. The van der Waals surface area contributed by atoms with E-state index < -0.39 is 16.9 Å². The van der Waals surface area contributed by atoms with Crippen molar-refractivity contribution in [3.63, 3.8) is 0 Å². The maximum absolute atomic E-state index is 15.1. The van der Waals surface area contributed by atoms with Crippen LogP contribution in [0.4, 0.5) is 20.3 Å². The van der Waals surface area contributed by atoms with Gasteiger partial charge in [-0.2, -0.15) is 5.10 Å². The first kappa shape index (κ1) is 29.7. The molecular formula is C28H30F2N8O2P2. The van der Waals surface area contributed by atoms with Crippen LogP contribution in [0, 0.1) is 25.6 Å². The summed E-state index contributed by atoms with van der Waals surface area (Å²) >= 11 is 0. The van der Waals surface area contributed by atoms with Crippen molar-refractivity contribution < 1.29 is 18.4 Å². The van der Waals surface area contributed by atoms with Crippen LogP contribution in [0.15, 0.2) is 43.1 Å². The van der Waals surface area contributed by atoms with Gasteiger partial charge in [0.05, 0.1) is 53.6 Å². The Morgan fingerprint density at radius 1 is 1.17 bits per heavy atom. The van der Waals surface area contributed by atoms with Gasteiger partial charge in [0.15, 0.2) is 11.0 Å². The summed E-state index contributed by atoms with van der Waals surface area (Å²) in [6.07, 6.45) is 8.05. The van der Waals surface area contributed by atoms with E-state index in [9.17, 15) is 14.0 Å². The fourth-order valence-corrected chi connectivity index (χ4v) is 5.26. The molecule has 0 saturated carbocycles. The lowest BCUT2D eigenvalue weighted by Crippen LogP contribution is -2.28. The molecule has 2 amide bonds. The predicted molar refractivity (Wildman–Crippen MR) is 161 cm³/mol. The first-order chi connectivity index (χ1) is 19.8. The van der Waals surface area contributed by atoms with E-state index in [0.29, 0.717) is 35.0 Å². The number of carbonyl (C=O) groups is 2. The van der Waals surface area contributed by atoms with Crippen molar-refractivity contribution in [2.45, 2.75) is 45.3 Å². The molecule has 0 bridgehead atoms. The Kier molecular flexibility index (Phi) is 8.14. The molecule has 42 heavy (non-hydrogen) atoms. The van der Waals surface area contributed by atoms with Crippen LogP contribution in [-0.2, 0) is 9.95 Å². The molecule has 1 fully saturated rings. The average molecular weight is 611 g/mol. The largest absolute Gasteiger partial charge is 0.318 e. The number of rotatable bonds is 7. The number of aromatic nitrogens is 6. The number of hydrogen-bond acceptors (Lipinski definition) is 7. The molecule has 14 heteroatoms. The van der Waals surface area contributed by atoms with Gasteiger partial charge >= 0.3 is 0 Å². The van der Waals surface area contributed by atoms with Crippen LogP contribution >= 0.6 is 18.5 Å². The summed E-state index contributed by atoms with van der Waals surface area (Å²) < 4.78 is 31.6. The van der Waals surface area contributed by atoms with Crippen molar-refractivity contribution >= 4 is 41.8 Å². The quantitative estimate of drug-likeness (QED) is 0.294. The smallest absolute Gasteiger partial charge is 0.275 e. The van der Waals surface area contributed by atoms with Crippen molar-refractivity contribution in [1.29, 1.82) is 0 Å². The zero-order valence-electron chi connectivity index (χ0n) is 23.5. The Hall–Kier alpha value is -3.75. The van der Waals surface area contributed by atoms with Gasteiger partial charge in [-0.1, -0.05) is 37.5 Å². The molecule has 4 atom stereocenters. The highest BCUT2D eigenvalue weighted by molar-refractivity contribution is 7.38. The standard InChI is InChI=1S/C28H30F2N8O2P2/c1-14-5-6-19(28(30,41)42)23(24(14)29)21-10-31-11-22(36-21)26(39)35-18-9-33-38(13-18)17(4)20-12-32-25(16(3)34-20)37-8-7-15(2)27(37)40/h5-6,9-13,15,17H,7-8,41-42H2,1-4H3,(H,35,39)/t15-,17?/m1/s1. The fraction of sp³-hybridized carbons (Fsp3) is 0.321. The van der Waals surface area contributed by atoms with Gasteiger partial charge in [-0.15, -0.1) is 0 Å². The number of hydrogen-bond donors (Lipinski definition) is 1. The summed E-state index contributed by atoms with van der Waals surface area (Å²) in [5.41, 5.74) is 1.88. The fourth-order valence-electron chi connectivity index (χ4n) is 4.78. The van der Waals surface area contributed by atoms with E-state index in [0.717, 1.165) is 6.42 Å². The van der Waals surface area contributed by atoms with Gasteiger partial charge in [0.1, 0.15) is 11.5 Å². The lowest BCUT2D eigenvalue weighted by Gasteiger charge is -2.20. The van der Waals surface area contributed by atoms with E-state index in [4.69, 9.17) is 0 Å². The number of alkyl halides is 1. The Morgan fingerprint density at radius 3 is 2.60 bits per heavy atom. The average Bonchev–Trinajstić information content (AvgIpc) is 3.55. The molecule has 0 aliphatic carbocycles. The van der Waals surface area contributed by atoms with Crippen molar-refractivity contribution in [3.05, 3.63) is 77.1 Å². The summed E-state index contributed by atoms with van der Waals surface area (Å²) in [4.78, 5) is 44.7. The first-order valence-electron chi connectivity index (χ1n) is 13.2. The number of anilines is 2. The molecule has 5 rings (SSSR count). The number of amides is 2. The van der Waals surface area contributed by atoms with Gasteiger partial charge in [0.2, 0.25) is 5.91 Å². The van der Waals surface area contributed by atoms with Crippen LogP contribution in [0.3, 0.4) is 0 Å². The van der Waals surface area contributed by atoms with Gasteiger partial charge < -0.3 is 5.32 Å². The number of carbonyl (C=O) groups excluding carboxylic acids is 2. The number of nitrogens with one attached hydrogen (secondary N) is 1. The minimum Gasteiger partial charge on any atom is -0.318 e. The third-order valence-electron chi connectivity index (χ3n) is 7.22. The lowest BCUT2D eigenvalue weighted by atomic mass is 10.0. The zero-order valence-corrected chi connectivity index (χ0v) is 25.8. The molecule has 4 aromatic rings. The van der Waals surface area contributed by atoms with Crippen LogP contribution in [-0.4, -0.2) is 48.1 Å². The molecule has 3 unspecified atom stereocenters. The van der Waals surface area contributed by atoms with Crippen LogP contribution < -0.4 is 10.2 Å². The van der Waals surface area contributed by atoms with Crippen molar-refractivity contribution in [2.24, 2.45) is 5.92 Å². The summed E-state index contributed by atoms with van der Waals surface area (Å²) in [7, 11) is 4.03. The monoisotopic (exact) mass is 610 g/mol. The highest BCUT2D eigenvalue weighted by atomic mass is 31.1. The van der Waals surface area contributed by atoms with Crippen LogP contribution in [0.1, 0.15) is 59.3 Å². The van der Waals surface area contributed by atoms with E-state index in [1.807, 2.05) is 39.3 Å². The van der Waals surface area contributed by atoms with Crippen molar-refractivity contribution in [2.75, 3.05) is 16.8 Å². The zero-order chi connectivity index (χ0) is 30.3. The minimum absolute atomic E-state index is 0.0255. The van der Waals surface area contributed by atoms with Gasteiger partial charge in [-0.25, -0.2) is 18.7 Å². The molecule has 0 radical (unpaired) electrons. The number of halogens is 2. The third kappa shape index (κ3) is 5.78. The highest BCUT2D eigenvalue weighted by Gasteiger charge is 2.31. The Labute approximate surface area is 246 Å². The summed E-state index contributed by atoms with van der Waals surface area (Å²) in [5, 5.41) is 5.06. The molecule has 3 aromatic heterocycles. The van der Waals surface area contributed by atoms with Crippen molar-refractivity contribution in [1.82, 2.24) is 29.7 Å². The van der Waals surface area contributed by atoms with E-state index in [1.165, 1.54) is 30.7 Å². The summed E-state index contributed by atoms with van der Waals surface area (Å²) in [6.45, 7) is 7.79. The van der Waals surface area contributed by atoms with E-state index in [-0.39, 0.29) is 40.4 Å². The van der Waals surface area contributed by atoms with Crippen LogP contribution in [0.2, 0.25) is 0 Å². The molecule has 10 nitrogen and oxygen atoms in total. The van der Waals surface area contributed by atoms with Gasteiger partial charge in [-0.05, 0) is 32.8 Å². The summed E-state index contributed by atoms with van der Waals surface area (Å²) in [6, 6.07) is 2.63. The second-order valence-corrected chi connectivity index (χ2v) is 12.7. The van der Waals surface area contributed by atoms with E-state index in [1.54, 1.807) is 28.9 Å². The second kappa shape index (κ2) is 11.5. The molecule has 1 aliphatic heterocycles. The maximum Gasteiger partial charge on any atom is 0.275 e. The highest BCUT2D eigenvalue weighted by Crippen LogP contribution is 2.45. The maximum atomic E-state index is 15.1. The lowest BCUT2D eigenvalue weighted by molar-refractivity contribution is -0.119. The van der Waals surface area contributed by atoms with Crippen molar-refractivity contribution in [3.8, 4) is 11.3 Å². The molecule has 1 N–H and O–H groups in total. The molecule has 1 aliphatic rings. The third-order valence-corrected chi connectivity index (χ3v) is 7.85. The molecule has 4 heterocycles. The van der Waals surface area contributed by atoms with Gasteiger partial charge in [-0.3, -0.25) is 29.1 Å². The molecule has 1 saturated heterocycles. The first-order valence-corrected chi connectivity index (χ1v) is 14.4. The van der Waals surface area contributed by atoms with Gasteiger partial charge in [0, 0.05) is 29.8 Å². The molecule has 218 valence electrons. The second-order valence-electron chi connectivity index (χ2n) is 10.4.